The van der Waals surface area contributed by atoms with Gasteiger partial charge in [0.2, 0.25) is 5.91 Å². The van der Waals surface area contributed by atoms with E-state index in [1.165, 1.54) is 11.8 Å². The molecule has 1 amide bonds. The maximum absolute atomic E-state index is 11.8. The lowest BCUT2D eigenvalue weighted by molar-refractivity contribution is -0.126. The van der Waals surface area contributed by atoms with Gasteiger partial charge in [-0.1, -0.05) is 12.2 Å². The number of carbonyl (C=O) groups is 2. The molecule has 0 aliphatic carbocycles. The molecule has 0 saturated carbocycles. The molecule has 0 fully saturated rings. The van der Waals surface area contributed by atoms with Crippen molar-refractivity contribution < 1.29 is 9.59 Å². The molecule has 9 heteroatoms. The summed E-state index contributed by atoms with van der Waals surface area (Å²) < 4.78 is 0. The van der Waals surface area contributed by atoms with E-state index in [4.69, 9.17) is 16.9 Å². The average Bonchev–Trinajstić information content (AvgIpc) is 2.40. The Bertz CT molecular complexity index is 365. The number of thiol groups is 1. The number of carbonyl (C=O) groups excluding carboxylic acids is 2. The zero-order valence-corrected chi connectivity index (χ0v) is 12.7. The van der Waals surface area contributed by atoms with Gasteiger partial charge in [-0.15, -0.1) is 0 Å². The molecule has 0 aromatic rings. The average molecular weight is 318 g/mol. The molecule has 1 radical (unpaired) electrons. The third kappa shape index (κ3) is 8.08. The summed E-state index contributed by atoms with van der Waals surface area (Å²) in [7, 11) is 0. The van der Waals surface area contributed by atoms with Crippen LogP contribution in [-0.4, -0.2) is 47.4 Å². The summed E-state index contributed by atoms with van der Waals surface area (Å²) in [5.74, 6) is -0.686. The smallest absolute Gasteiger partial charge is 0.237 e. The number of thiocarbonyl (C=S) groups is 1. The van der Waals surface area contributed by atoms with E-state index in [0.717, 1.165) is 0 Å². The van der Waals surface area contributed by atoms with Crippen LogP contribution in [-0.2, 0) is 9.59 Å². The van der Waals surface area contributed by atoms with Gasteiger partial charge in [0.1, 0.15) is 0 Å². The lowest BCUT2D eigenvalue weighted by Gasteiger charge is -2.18. The number of nitrogens with one attached hydrogen (secondary N) is 3. The van der Waals surface area contributed by atoms with Crippen LogP contribution in [0.5, 0.6) is 0 Å². The lowest BCUT2D eigenvalue weighted by Crippen LogP contribution is -2.49. The number of Topliss-reactive ketones (excluding diaryl/α,β-unsaturated/α-hetero) is 1. The van der Waals surface area contributed by atoms with E-state index < -0.39 is 18.0 Å². The third-order valence-corrected chi connectivity index (χ3v) is 2.92. The lowest BCUT2D eigenvalue weighted by atomic mass is 10.1. The fourth-order valence-corrected chi connectivity index (χ4v) is 1.75. The van der Waals surface area contributed by atoms with Crippen LogP contribution in [0.25, 0.3) is 0 Å². The number of nitrogens with two attached hydrogens (primary N) is 2. The standard InChI is InChI=1S/C11H20N5O2S2/c12-7(2-1-4-15-11(13)14)10(18)16-8(6-20)9(17)3-5-19/h3,5,7-8,20H,1-2,4,6,12H2,(H,16,18)(H4,13,14,15)/t7-,8-/m0/s1. The largest absolute Gasteiger partial charge is 0.370 e. The van der Waals surface area contributed by atoms with Crippen molar-refractivity contribution in [3.8, 4) is 0 Å². The Morgan fingerprint density at radius 2 is 2.10 bits per heavy atom. The molecule has 0 heterocycles. The van der Waals surface area contributed by atoms with Gasteiger partial charge in [0, 0.05) is 12.3 Å². The quantitative estimate of drug-likeness (QED) is 0.0981. The number of hydrogen-bond acceptors (Lipinski definition) is 6. The molecule has 0 aliphatic rings. The molecular weight excluding hydrogens is 298 g/mol. The highest BCUT2D eigenvalue weighted by atomic mass is 32.1. The highest BCUT2D eigenvalue weighted by Gasteiger charge is 2.21. The Kier molecular flexibility index (Phi) is 9.95. The van der Waals surface area contributed by atoms with Gasteiger partial charge >= 0.3 is 0 Å². The summed E-state index contributed by atoms with van der Waals surface area (Å²) in [4.78, 5) is 23.4. The number of hydrogen-bond donors (Lipinski definition) is 6. The predicted molar refractivity (Wildman–Crippen MR) is 85.9 cm³/mol. The second-order valence-corrected chi connectivity index (χ2v) is 4.68. The maximum atomic E-state index is 11.8. The first-order chi connectivity index (χ1) is 9.42. The van der Waals surface area contributed by atoms with Gasteiger partial charge in [-0.3, -0.25) is 15.0 Å². The summed E-state index contributed by atoms with van der Waals surface area (Å²) in [6.45, 7) is 0.462. The molecule has 0 aromatic heterocycles. The van der Waals surface area contributed by atoms with E-state index >= 15 is 0 Å². The van der Waals surface area contributed by atoms with Gasteiger partial charge in [0.15, 0.2) is 11.7 Å². The van der Waals surface area contributed by atoms with E-state index in [-0.39, 0.29) is 17.5 Å². The molecule has 7 nitrogen and oxygen atoms in total. The topological polar surface area (TPSA) is 134 Å². The molecule has 0 rings (SSSR count). The first-order valence-corrected chi connectivity index (χ1v) is 7.09. The van der Waals surface area contributed by atoms with Gasteiger partial charge in [-0.25, -0.2) is 0 Å². The zero-order valence-electron chi connectivity index (χ0n) is 11.0. The summed E-state index contributed by atoms with van der Waals surface area (Å²) >= 11 is 8.56. The highest BCUT2D eigenvalue weighted by Crippen LogP contribution is 1.98. The number of ketones is 1. The van der Waals surface area contributed by atoms with Gasteiger partial charge in [0.05, 0.1) is 18.5 Å². The molecule has 0 saturated heterocycles. The first-order valence-electron chi connectivity index (χ1n) is 5.99. The van der Waals surface area contributed by atoms with Crippen molar-refractivity contribution in [3.63, 3.8) is 0 Å². The molecule has 0 aliphatic heterocycles. The van der Waals surface area contributed by atoms with Crippen LogP contribution in [0.3, 0.4) is 0 Å². The molecular formula is C11H20N5O2S2. The fraction of sp³-hybridized carbons (Fsp3) is 0.545. The first kappa shape index (κ1) is 18.8. The van der Waals surface area contributed by atoms with E-state index in [2.05, 4.69) is 35.5 Å². The Balaban J connectivity index is 4.12. The van der Waals surface area contributed by atoms with Crippen molar-refractivity contribution in [1.29, 1.82) is 5.41 Å². The fourth-order valence-electron chi connectivity index (χ4n) is 1.34. The Morgan fingerprint density at radius 1 is 1.45 bits per heavy atom. The van der Waals surface area contributed by atoms with Crippen molar-refractivity contribution in [2.45, 2.75) is 24.9 Å². The van der Waals surface area contributed by atoms with Crippen LogP contribution >= 0.6 is 24.8 Å². The summed E-state index contributed by atoms with van der Waals surface area (Å²) in [6, 6.07) is -1.46. The second kappa shape index (κ2) is 10.6. The molecule has 7 N–H and O–H groups in total. The Morgan fingerprint density at radius 3 is 2.60 bits per heavy atom. The van der Waals surface area contributed by atoms with Crippen molar-refractivity contribution in [3.05, 3.63) is 6.42 Å². The minimum Gasteiger partial charge on any atom is -0.370 e. The van der Waals surface area contributed by atoms with Crippen LogP contribution in [0.15, 0.2) is 0 Å². The highest BCUT2D eigenvalue weighted by molar-refractivity contribution is 7.80. The third-order valence-electron chi connectivity index (χ3n) is 2.42. The van der Waals surface area contributed by atoms with E-state index in [0.29, 0.717) is 19.4 Å². The summed E-state index contributed by atoms with van der Waals surface area (Å²) in [6.07, 6.45) is 2.20. The number of rotatable bonds is 10. The molecule has 20 heavy (non-hydrogen) atoms. The van der Waals surface area contributed by atoms with E-state index in [1.807, 2.05) is 0 Å². The van der Waals surface area contributed by atoms with Gasteiger partial charge in [-0.2, -0.15) is 12.6 Å². The normalized spacial score (nSPS) is 13.1. The van der Waals surface area contributed by atoms with E-state index in [1.54, 1.807) is 0 Å². The van der Waals surface area contributed by atoms with Gasteiger partial charge in [0.25, 0.3) is 0 Å². The van der Waals surface area contributed by atoms with Gasteiger partial charge < -0.3 is 22.1 Å². The van der Waals surface area contributed by atoms with Crippen molar-refractivity contribution >= 4 is 47.9 Å². The summed E-state index contributed by atoms with van der Waals surface area (Å²) in [5.41, 5.74) is 10.8. The summed E-state index contributed by atoms with van der Waals surface area (Å²) in [5, 5.41) is 13.3. The van der Waals surface area contributed by atoms with Crippen LogP contribution in [0.2, 0.25) is 0 Å². The number of amides is 1. The van der Waals surface area contributed by atoms with Crippen molar-refractivity contribution in [1.82, 2.24) is 10.6 Å². The number of guanidine groups is 1. The van der Waals surface area contributed by atoms with Crippen LogP contribution < -0.4 is 22.1 Å². The van der Waals surface area contributed by atoms with Gasteiger partial charge in [-0.05, 0) is 18.2 Å². The van der Waals surface area contributed by atoms with Crippen LogP contribution in [0.1, 0.15) is 12.8 Å². The van der Waals surface area contributed by atoms with Crippen LogP contribution in [0.4, 0.5) is 0 Å². The van der Waals surface area contributed by atoms with Crippen LogP contribution in [0, 0.1) is 11.8 Å². The minimum absolute atomic E-state index is 0.126. The SMILES string of the molecule is N=C(N)NCCC[C@H](N)C(=O)N[C@@H](CS)C(=O)[CH]C=S. The molecule has 0 aromatic carbocycles. The zero-order chi connectivity index (χ0) is 15.5. The monoisotopic (exact) mass is 318 g/mol. The molecule has 0 spiro atoms. The maximum Gasteiger partial charge on any atom is 0.237 e. The minimum atomic E-state index is -0.730. The van der Waals surface area contributed by atoms with Crippen molar-refractivity contribution in [2.24, 2.45) is 11.5 Å². The molecule has 0 bridgehead atoms. The van der Waals surface area contributed by atoms with E-state index in [9.17, 15) is 9.59 Å². The Labute approximate surface area is 129 Å². The molecule has 0 unspecified atom stereocenters. The Hall–Kier alpha value is -1.19. The molecule has 113 valence electrons. The second-order valence-electron chi connectivity index (χ2n) is 4.04. The predicted octanol–water partition coefficient (Wildman–Crippen LogP) is -1.24. The molecule has 2 atom stereocenters. The van der Waals surface area contributed by atoms with Crippen molar-refractivity contribution in [2.75, 3.05) is 12.3 Å².